The average molecular weight is 366 g/mol. The van der Waals surface area contributed by atoms with E-state index in [9.17, 15) is 0 Å². The summed E-state index contributed by atoms with van der Waals surface area (Å²) in [5.74, 6) is 0.868. The van der Waals surface area contributed by atoms with E-state index in [0.717, 1.165) is 17.9 Å². The molecule has 27 heavy (non-hydrogen) atoms. The van der Waals surface area contributed by atoms with Crippen molar-refractivity contribution in [3.63, 3.8) is 0 Å². The number of likely N-dealkylation sites (tertiary alicyclic amines) is 1. The van der Waals surface area contributed by atoms with E-state index in [4.69, 9.17) is 9.47 Å². The lowest BCUT2D eigenvalue weighted by molar-refractivity contribution is 0.0509. The predicted octanol–water partition coefficient (Wildman–Crippen LogP) is 5.20. The van der Waals surface area contributed by atoms with Crippen molar-refractivity contribution >= 4 is 5.57 Å². The second-order valence-corrected chi connectivity index (χ2v) is 7.54. The number of ether oxygens (including phenoxy) is 2. The highest BCUT2D eigenvalue weighted by atomic mass is 16.7. The van der Waals surface area contributed by atoms with Crippen LogP contribution in [0.25, 0.3) is 5.57 Å². The van der Waals surface area contributed by atoms with Crippen LogP contribution in [0.2, 0.25) is 0 Å². The molecule has 144 valence electrons. The molecule has 1 atom stereocenters. The zero-order valence-corrected chi connectivity index (χ0v) is 17.0. The molecule has 0 saturated carbocycles. The van der Waals surface area contributed by atoms with Crippen LogP contribution < -0.4 is 4.74 Å². The molecule has 3 nitrogen and oxygen atoms in total. The predicted molar refractivity (Wildman–Crippen MR) is 112 cm³/mol. The van der Waals surface area contributed by atoms with E-state index in [-0.39, 0.29) is 6.79 Å². The fraction of sp³-hybridized carbons (Fsp3) is 0.417. The van der Waals surface area contributed by atoms with Gasteiger partial charge in [-0.25, -0.2) is 0 Å². The Balaban J connectivity index is 2.09. The average Bonchev–Trinajstić information content (AvgIpc) is 2.67. The van der Waals surface area contributed by atoms with Gasteiger partial charge in [0.25, 0.3) is 0 Å². The molecular weight excluding hydrogens is 334 g/mol. The highest BCUT2D eigenvalue weighted by Gasteiger charge is 2.20. The van der Waals surface area contributed by atoms with Crippen LogP contribution in [0.3, 0.4) is 0 Å². The molecule has 0 spiro atoms. The number of aryl methyl sites for hydroxylation is 2. The summed E-state index contributed by atoms with van der Waals surface area (Å²) < 4.78 is 11.1. The minimum atomic E-state index is 0.251. The molecule has 0 radical (unpaired) electrons. The molecule has 1 unspecified atom stereocenters. The molecule has 1 aliphatic rings. The normalized spacial score (nSPS) is 18.5. The van der Waals surface area contributed by atoms with E-state index in [1.54, 1.807) is 7.11 Å². The first-order valence-electron chi connectivity index (χ1n) is 9.80. The maximum absolute atomic E-state index is 5.91. The summed E-state index contributed by atoms with van der Waals surface area (Å²) in [5, 5.41) is 0. The molecule has 0 aromatic heterocycles. The zero-order chi connectivity index (χ0) is 19.2. The summed E-state index contributed by atoms with van der Waals surface area (Å²) in [6, 6.07) is 15.6. The third kappa shape index (κ3) is 5.00. The Morgan fingerprint density at radius 2 is 1.81 bits per heavy atom. The minimum Gasteiger partial charge on any atom is -0.467 e. The van der Waals surface area contributed by atoms with E-state index in [1.165, 1.54) is 41.5 Å². The summed E-state index contributed by atoms with van der Waals surface area (Å²) in [6.07, 6.45) is 6.20. The molecule has 1 aliphatic heterocycles. The van der Waals surface area contributed by atoms with Crippen molar-refractivity contribution in [2.24, 2.45) is 0 Å². The summed E-state index contributed by atoms with van der Waals surface area (Å²) in [4.78, 5) is 2.46. The van der Waals surface area contributed by atoms with Crippen LogP contribution in [0.5, 0.6) is 5.75 Å². The zero-order valence-electron chi connectivity index (χ0n) is 17.0. The molecule has 2 aromatic rings. The van der Waals surface area contributed by atoms with Crippen LogP contribution in [-0.2, 0) is 4.74 Å². The molecular formula is C24H31NO2. The third-order valence-electron chi connectivity index (χ3n) is 5.31. The van der Waals surface area contributed by atoms with Crippen LogP contribution in [0, 0.1) is 13.8 Å². The molecule has 3 heteroatoms. The molecule has 2 aromatic carbocycles. The maximum Gasteiger partial charge on any atom is 0.188 e. The van der Waals surface area contributed by atoms with Crippen molar-refractivity contribution in [2.45, 2.75) is 39.2 Å². The Bertz CT molecular complexity index is 779. The van der Waals surface area contributed by atoms with Crippen molar-refractivity contribution in [3.05, 3.63) is 70.8 Å². The van der Waals surface area contributed by atoms with Gasteiger partial charge in [-0.2, -0.15) is 0 Å². The van der Waals surface area contributed by atoms with Crippen LogP contribution in [0.4, 0.5) is 0 Å². The van der Waals surface area contributed by atoms with E-state index < -0.39 is 0 Å². The van der Waals surface area contributed by atoms with E-state index in [2.05, 4.69) is 74.3 Å². The van der Waals surface area contributed by atoms with Gasteiger partial charge in [-0.05, 0) is 63.6 Å². The van der Waals surface area contributed by atoms with Gasteiger partial charge in [0.1, 0.15) is 5.75 Å². The Morgan fingerprint density at radius 1 is 1.07 bits per heavy atom. The van der Waals surface area contributed by atoms with Crippen LogP contribution >= 0.6 is 0 Å². The SMILES string of the molecule is COCOc1ccc(C)cc1/C(=C/C1CCCCN1C)c1ccc(C)cc1. The Labute approximate surface area is 163 Å². The molecule has 0 bridgehead atoms. The fourth-order valence-electron chi connectivity index (χ4n) is 3.68. The van der Waals surface area contributed by atoms with Crippen LogP contribution in [0.15, 0.2) is 48.5 Å². The number of hydrogen-bond acceptors (Lipinski definition) is 3. The van der Waals surface area contributed by atoms with E-state index >= 15 is 0 Å². The Hall–Kier alpha value is -2.10. The third-order valence-corrected chi connectivity index (χ3v) is 5.31. The minimum absolute atomic E-state index is 0.251. The first kappa shape index (κ1) is 19.7. The highest BCUT2D eigenvalue weighted by molar-refractivity contribution is 5.83. The topological polar surface area (TPSA) is 21.7 Å². The summed E-state index contributed by atoms with van der Waals surface area (Å²) in [7, 11) is 3.88. The Morgan fingerprint density at radius 3 is 2.52 bits per heavy atom. The quantitative estimate of drug-likeness (QED) is 0.657. The number of methoxy groups -OCH3 is 1. The van der Waals surface area contributed by atoms with Gasteiger partial charge in [0, 0.05) is 18.7 Å². The van der Waals surface area contributed by atoms with Crippen LogP contribution in [0.1, 0.15) is 41.5 Å². The maximum atomic E-state index is 5.91. The van der Waals surface area contributed by atoms with Crippen molar-refractivity contribution in [2.75, 3.05) is 27.5 Å². The summed E-state index contributed by atoms with van der Waals surface area (Å²) in [6.45, 7) is 5.66. The number of piperidine rings is 1. The number of benzene rings is 2. The van der Waals surface area contributed by atoms with Gasteiger partial charge in [-0.15, -0.1) is 0 Å². The molecule has 1 heterocycles. The molecule has 3 rings (SSSR count). The van der Waals surface area contributed by atoms with E-state index in [0.29, 0.717) is 6.04 Å². The number of hydrogen-bond donors (Lipinski definition) is 0. The van der Waals surface area contributed by atoms with E-state index in [1.807, 2.05) is 0 Å². The van der Waals surface area contributed by atoms with Gasteiger partial charge in [0.05, 0.1) is 0 Å². The van der Waals surface area contributed by atoms with Crippen LogP contribution in [-0.4, -0.2) is 38.4 Å². The Kier molecular flexibility index (Phi) is 6.70. The van der Waals surface area contributed by atoms with Crippen molar-refractivity contribution in [1.29, 1.82) is 0 Å². The van der Waals surface area contributed by atoms with Crippen molar-refractivity contribution in [3.8, 4) is 5.75 Å². The van der Waals surface area contributed by atoms with Crippen molar-refractivity contribution < 1.29 is 9.47 Å². The second-order valence-electron chi connectivity index (χ2n) is 7.54. The fourth-order valence-corrected chi connectivity index (χ4v) is 3.68. The monoisotopic (exact) mass is 365 g/mol. The van der Waals surface area contributed by atoms with Gasteiger partial charge >= 0.3 is 0 Å². The lowest BCUT2D eigenvalue weighted by atomic mass is 9.91. The molecule has 1 saturated heterocycles. The van der Waals surface area contributed by atoms with Gasteiger partial charge in [0.2, 0.25) is 0 Å². The lowest BCUT2D eigenvalue weighted by Gasteiger charge is -2.31. The van der Waals surface area contributed by atoms with Gasteiger partial charge < -0.3 is 9.47 Å². The number of likely N-dealkylation sites (N-methyl/N-ethyl adjacent to an activating group) is 1. The van der Waals surface area contributed by atoms with Gasteiger partial charge in [0.15, 0.2) is 6.79 Å². The highest BCUT2D eigenvalue weighted by Crippen LogP contribution is 2.34. The largest absolute Gasteiger partial charge is 0.467 e. The second kappa shape index (κ2) is 9.20. The first-order chi connectivity index (χ1) is 13.1. The molecule has 0 aliphatic carbocycles. The molecule has 1 fully saturated rings. The smallest absolute Gasteiger partial charge is 0.188 e. The number of nitrogens with zero attached hydrogens (tertiary/aromatic N) is 1. The van der Waals surface area contributed by atoms with Gasteiger partial charge in [-0.3, -0.25) is 4.90 Å². The van der Waals surface area contributed by atoms with Crippen molar-refractivity contribution in [1.82, 2.24) is 4.90 Å². The number of rotatable bonds is 6. The summed E-state index contributed by atoms with van der Waals surface area (Å²) in [5.41, 5.74) is 6.10. The molecule has 0 N–H and O–H groups in total. The van der Waals surface area contributed by atoms with Gasteiger partial charge in [-0.1, -0.05) is 54.0 Å². The standard InChI is InChI=1S/C24H31NO2/c1-18-8-11-20(12-9-18)22(16-21-7-5-6-14-25(21)3)23-15-19(2)10-13-24(23)27-17-26-4/h8-13,15-16,21H,5-7,14,17H2,1-4H3/b22-16+. The molecule has 0 amide bonds. The lowest BCUT2D eigenvalue weighted by Crippen LogP contribution is -2.34. The summed E-state index contributed by atoms with van der Waals surface area (Å²) >= 11 is 0. The first-order valence-corrected chi connectivity index (χ1v) is 9.80.